The van der Waals surface area contributed by atoms with Crippen LogP contribution in [0.1, 0.15) is 20.2 Å². The van der Waals surface area contributed by atoms with Crippen LogP contribution >= 0.6 is 46.7 Å². The maximum absolute atomic E-state index is 12.6. The number of hydrogen-bond donors (Lipinski definition) is 1. The van der Waals surface area contributed by atoms with Crippen molar-refractivity contribution >= 4 is 67.8 Å². The van der Waals surface area contributed by atoms with Crippen LogP contribution in [-0.2, 0) is 6.42 Å². The number of amides is 1. The zero-order valence-corrected chi connectivity index (χ0v) is 17.8. The molecule has 144 valence electrons. The number of benzene rings is 2. The van der Waals surface area contributed by atoms with Gasteiger partial charge in [-0.2, -0.15) is 0 Å². The van der Waals surface area contributed by atoms with Crippen molar-refractivity contribution in [1.29, 1.82) is 0 Å². The minimum atomic E-state index is -0.277. The van der Waals surface area contributed by atoms with Gasteiger partial charge in [0.2, 0.25) is 5.13 Å². The molecule has 1 N–H and O–H groups in total. The fourth-order valence-corrected chi connectivity index (χ4v) is 4.87. The minimum Gasteiger partial charge on any atom is -0.496 e. The molecule has 28 heavy (non-hydrogen) atoms. The van der Waals surface area contributed by atoms with Crippen LogP contribution in [-0.4, -0.2) is 23.2 Å². The van der Waals surface area contributed by atoms with Gasteiger partial charge in [-0.3, -0.25) is 10.1 Å². The van der Waals surface area contributed by atoms with Crippen molar-refractivity contribution < 1.29 is 9.53 Å². The van der Waals surface area contributed by atoms with Crippen LogP contribution in [0.5, 0.6) is 5.75 Å². The van der Waals surface area contributed by atoms with Crippen LogP contribution in [0.4, 0.5) is 5.13 Å². The number of carbonyl (C=O) groups is 1. The molecule has 2 aromatic heterocycles. The Balaban J connectivity index is 0.00000225. The summed E-state index contributed by atoms with van der Waals surface area (Å²) in [5.41, 5.74) is 1.02. The first kappa shape index (κ1) is 20.5. The predicted octanol–water partition coefficient (Wildman–Crippen LogP) is 5.68. The quantitative estimate of drug-likeness (QED) is 0.423. The van der Waals surface area contributed by atoms with Gasteiger partial charge in [0, 0.05) is 22.1 Å². The normalized spacial score (nSPS) is 10.5. The second-order valence-corrected chi connectivity index (χ2v) is 8.18. The molecule has 0 unspecified atom stereocenters. The summed E-state index contributed by atoms with van der Waals surface area (Å²) < 4.78 is 6.34. The number of thiophene rings is 1. The van der Waals surface area contributed by atoms with Crippen LogP contribution in [0, 0.1) is 0 Å². The molecule has 4 rings (SSSR count). The van der Waals surface area contributed by atoms with Gasteiger partial charge in [-0.15, -0.1) is 33.9 Å². The Kier molecular flexibility index (Phi) is 6.51. The standard InChI is InChI=1S/C19H14ClN3O2S2.ClH/c1-25-13-8-4-2-6-11(13)10-15-22-23-19(27-15)21-18(24)17-16(20)12-7-3-5-9-14(12)26-17;/h2-9H,10H2,1H3,(H,21,23,24);1H. The Hall–Kier alpha value is -2.19. The molecule has 4 aromatic rings. The number of aromatic nitrogens is 2. The van der Waals surface area contributed by atoms with E-state index in [1.165, 1.54) is 22.7 Å². The van der Waals surface area contributed by atoms with Crippen LogP contribution in [0.2, 0.25) is 5.02 Å². The number of rotatable bonds is 5. The number of fused-ring (bicyclic) bond motifs is 1. The first-order valence-corrected chi connectivity index (χ1v) is 10.1. The number of ether oxygens (including phenoxy) is 1. The zero-order valence-electron chi connectivity index (χ0n) is 14.6. The molecule has 0 aliphatic heterocycles. The first-order valence-electron chi connectivity index (χ1n) is 8.08. The maximum Gasteiger partial charge on any atom is 0.269 e. The summed E-state index contributed by atoms with van der Waals surface area (Å²) in [7, 11) is 1.64. The highest BCUT2D eigenvalue weighted by Gasteiger charge is 2.18. The van der Waals surface area contributed by atoms with E-state index >= 15 is 0 Å². The molecule has 2 aromatic carbocycles. The molecule has 0 bridgehead atoms. The van der Waals surface area contributed by atoms with Crippen LogP contribution in [0.25, 0.3) is 10.1 Å². The van der Waals surface area contributed by atoms with Crippen LogP contribution in [0.3, 0.4) is 0 Å². The topological polar surface area (TPSA) is 64.1 Å². The molecule has 0 radical (unpaired) electrons. The monoisotopic (exact) mass is 451 g/mol. The molecule has 0 aliphatic rings. The fraction of sp³-hybridized carbons (Fsp3) is 0.105. The van der Waals surface area contributed by atoms with Crippen molar-refractivity contribution in [2.24, 2.45) is 0 Å². The Morgan fingerprint density at radius 1 is 1.11 bits per heavy atom. The number of halogens is 2. The summed E-state index contributed by atoms with van der Waals surface area (Å²) in [6.07, 6.45) is 0.585. The van der Waals surface area contributed by atoms with Crippen molar-refractivity contribution in [2.45, 2.75) is 6.42 Å². The lowest BCUT2D eigenvalue weighted by Gasteiger charge is -2.05. The molecule has 9 heteroatoms. The van der Waals surface area contributed by atoms with Crippen molar-refractivity contribution in [3.63, 3.8) is 0 Å². The minimum absolute atomic E-state index is 0. The van der Waals surface area contributed by atoms with Gasteiger partial charge in [0.15, 0.2) is 0 Å². The largest absolute Gasteiger partial charge is 0.496 e. The Bertz CT molecular complexity index is 1130. The molecule has 2 heterocycles. The van der Waals surface area contributed by atoms with Crippen molar-refractivity contribution in [3.05, 3.63) is 69.0 Å². The zero-order chi connectivity index (χ0) is 18.8. The van der Waals surface area contributed by atoms with Crippen LogP contribution < -0.4 is 10.1 Å². The fourth-order valence-electron chi connectivity index (χ4n) is 2.70. The van der Waals surface area contributed by atoms with E-state index in [4.69, 9.17) is 16.3 Å². The third kappa shape index (κ3) is 4.12. The Morgan fingerprint density at radius 3 is 2.64 bits per heavy atom. The molecular formula is C19H15Cl2N3O2S2. The number of carbonyl (C=O) groups excluding carboxylic acids is 1. The lowest BCUT2D eigenvalue weighted by atomic mass is 10.1. The van der Waals surface area contributed by atoms with Crippen LogP contribution in [0.15, 0.2) is 48.5 Å². The third-order valence-corrected chi connectivity index (χ3v) is 6.48. The van der Waals surface area contributed by atoms with E-state index in [-0.39, 0.29) is 18.3 Å². The van der Waals surface area contributed by atoms with Gasteiger partial charge in [-0.25, -0.2) is 0 Å². The van der Waals surface area contributed by atoms with Gasteiger partial charge in [-0.05, 0) is 12.1 Å². The number of para-hydroxylation sites is 1. The number of methoxy groups -OCH3 is 1. The molecule has 0 saturated carbocycles. The second-order valence-electron chi connectivity index (χ2n) is 5.69. The first-order chi connectivity index (χ1) is 13.2. The third-order valence-electron chi connectivity index (χ3n) is 3.96. The van der Waals surface area contributed by atoms with E-state index in [2.05, 4.69) is 15.5 Å². The highest BCUT2D eigenvalue weighted by Crippen LogP contribution is 2.35. The van der Waals surface area contributed by atoms with Gasteiger partial charge in [0.05, 0.1) is 12.1 Å². The van der Waals surface area contributed by atoms with E-state index in [0.29, 0.717) is 21.5 Å². The van der Waals surface area contributed by atoms with E-state index in [0.717, 1.165) is 26.4 Å². The second kappa shape index (κ2) is 8.87. The average Bonchev–Trinajstić information content (AvgIpc) is 3.26. The van der Waals surface area contributed by atoms with Gasteiger partial charge >= 0.3 is 0 Å². The van der Waals surface area contributed by atoms with Gasteiger partial charge < -0.3 is 4.74 Å². The lowest BCUT2D eigenvalue weighted by Crippen LogP contribution is -2.10. The molecule has 0 spiro atoms. The number of nitrogens with one attached hydrogen (secondary N) is 1. The number of anilines is 1. The number of nitrogens with zero attached hydrogens (tertiary/aromatic N) is 2. The Morgan fingerprint density at radius 2 is 1.86 bits per heavy atom. The van der Waals surface area contributed by atoms with Crippen molar-refractivity contribution in [1.82, 2.24) is 10.2 Å². The van der Waals surface area contributed by atoms with Gasteiger partial charge in [0.25, 0.3) is 5.91 Å². The maximum atomic E-state index is 12.6. The van der Waals surface area contributed by atoms with Gasteiger partial charge in [-0.1, -0.05) is 59.3 Å². The SMILES string of the molecule is COc1ccccc1Cc1nnc(NC(=O)c2sc3ccccc3c2Cl)s1.Cl. The highest BCUT2D eigenvalue weighted by atomic mass is 35.5. The van der Waals surface area contributed by atoms with Gasteiger partial charge in [0.1, 0.15) is 15.6 Å². The summed E-state index contributed by atoms with van der Waals surface area (Å²) in [6, 6.07) is 15.4. The lowest BCUT2D eigenvalue weighted by molar-refractivity contribution is 0.103. The van der Waals surface area contributed by atoms with E-state index in [1.54, 1.807) is 7.11 Å². The summed E-state index contributed by atoms with van der Waals surface area (Å²) in [6.45, 7) is 0. The summed E-state index contributed by atoms with van der Waals surface area (Å²) in [4.78, 5) is 13.1. The molecule has 0 saturated heterocycles. The molecule has 0 aliphatic carbocycles. The molecular weight excluding hydrogens is 437 g/mol. The predicted molar refractivity (Wildman–Crippen MR) is 118 cm³/mol. The molecule has 1 amide bonds. The van der Waals surface area contributed by atoms with E-state index in [9.17, 15) is 4.79 Å². The Labute approximate surface area is 180 Å². The van der Waals surface area contributed by atoms with E-state index < -0.39 is 0 Å². The van der Waals surface area contributed by atoms with Crippen molar-refractivity contribution in [3.8, 4) is 5.75 Å². The smallest absolute Gasteiger partial charge is 0.269 e. The molecule has 0 fully saturated rings. The number of hydrogen-bond acceptors (Lipinski definition) is 6. The summed E-state index contributed by atoms with van der Waals surface area (Å²) >= 11 is 9.06. The molecule has 5 nitrogen and oxygen atoms in total. The summed E-state index contributed by atoms with van der Waals surface area (Å²) in [5, 5.41) is 13.6. The highest BCUT2D eigenvalue weighted by molar-refractivity contribution is 7.22. The van der Waals surface area contributed by atoms with E-state index in [1.807, 2.05) is 48.5 Å². The molecule has 0 atom stereocenters. The van der Waals surface area contributed by atoms with Crippen molar-refractivity contribution in [2.75, 3.05) is 12.4 Å². The summed E-state index contributed by atoms with van der Waals surface area (Å²) in [5.74, 6) is 0.525. The average molecular weight is 452 g/mol.